The van der Waals surface area contributed by atoms with Gasteiger partial charge in [0.25, 0.3) is 0 Å². The van der Waals surface area contributed by atoms with Crippen molar-refractivity contribution < 1.29 is 22.0 Å². The monoisotopic (exact) mass is 700 g/mol. The van der Waals surface area contributed by atoms with Crippen molar-refractivity contribution in [2.24, 2.45) is 5.18 Å². The molecule has 0 unspecified atom stereocenters. The first-order valence-electron chi connectivity index (χ1n) is 18.1. The van der Waals surface area contributed by atoms with E-state index in [4.69, 9.17) is 0 Å². The lowest BCUT2D eigenvalue weighted by atomic mass is 9.99. The molecule has 3 aromatic rings. The SMILES string of the molecule is O=Nc1c2cc(S(=O)(=O)N3CCCCCCCCCCC3)ccc2c(NO)c2ccc(S(=O)(=O)N3CCCCCCCCCCC3)cc12. The molecule has 0 atom stereocenters. The molecule has 12 heteroatoms. The number of hydrogen-bond acceptors (Lipinski definition) is 8. The number of nitrogens with one attached hydrogen (secondary N) is 1. The van der Waals surface area contributed by atoms with Crippen LogP contribution >= 0.6 is 0 Å². The molecule has 0 aromatic heterocycles. The summed E-state index contributed by atoms with van der Waals surface area (Å²) in [6.07, 6.45) is 18.6. The van der Waals surface area contributed by atoms with Crippen molar-refractivity contribution in [2.45, 2.75) is 125 Å². The van der Waals surface area contributed by atoms with E-state index in [9.17, 15) is 26.9 Å². The van der Waals surface area contributed by atoms with Gasteiger partial charge in [0.05, 0.1) is 15.5 Å². The highest BCUT2D eigenvalue weighted by Crippen LogP contribution is 2.43. The summed E-state index contributed by atoms with van der Waals surface area (Å²) in [6, 6.07) is 9.04. The normalized spacial score (nSPS) is 19.9. The molecule has 0 saturated carbocycles. The molecule has 0 aliphatic carbocycles. The molecule has 3 aromatic carbocycles. The van der Waals surface area contributed by atoms with Crippen molar-refractivity contribution in [1.82, 2.24) is 8.61 Å². The maximum atomic E-state index is 14.0. The number of hydrogen-bond donors (Lipinski definition) is 2. The Bertz CT molecular complexity index is 1620. The fraction of sp³-hybridized carbons (Fsp3) is 0.611. The zero-order valence-electron chi connectivity index (χ0n) is 28.2. The van der Waals surface area contributed by atoms with Gasteiger partial charge in [-0.2, -0.15) is 8.61 Å². The maximum Gasteiger partial charge on any atom is 0.243 e. The number of benzene rings is 3. The zero-order chi connectivity index (χ0) is 34.0. The molecular weight excluding hydrogens is 649 g/mol. The van der Waals surface area contributed by atoms with E-state index in [1.807, 2.05) is 0 Å². The van der Waals surface area contributed by atoms with Gasteiger partial charge >= 0.3 is 0 Å². The summed E-state index contributed by atoms with van der Waals surface area (Å²) in [6.45, 7) is 1.71. The number of sulfonamides is 2. The van der Waals surface area contributed by atoms with E-state index in [-0.39, 0.29) is 31.9 Å². The molecule has 2 aliphatic heterocycles. The third kappa shape index (κ3) is 8.56. The number of rotatable bonds is 6. The summed E-state index contributed by atoms with van der Waals surface area (Å²) >= 11 is 0. The predicted molar refractivity (Wildman–Crippen MR) is 193 cm³/mol. The minimum Gasteiger partial charge on any atom is -0.291 e. The lowest BCUT2D eigenvalue weighted by molar-refractivity contribution is 0.377. The standard InChI is InChI=1S/C36H52N4O6S2/c41-37-35-31-21-19-29(47(43,44)39-23-15-11-7-3-1-4-8-12-16-24-39)27-33(31)36(38-42)34-28-30(20-22-32(34)35)48(45,46)40-25-17-13-9-5-2-6-10-14-18-26-40/h19-22,27-28,37,41H,1-18,23-26H2. The fourth-order valence-corrected chi connectivity index (χ4v) is 10.4. The van der Waals surface area contributed by atoms with Crippen LogP contribution < -0.4 is 5.48 Å². The molecule has 0 bridgehead atoms. The van der Waals surface area contributed by atoms with Crippen molar-refractivity contribution in [3.63, 3.8) is 0 Å². The van der Waals surface area contributed by atoms with Crippen LogP contribution in [-0.2, 0) is 20.0 Å². The van der Waals surface area contributed by atoms with E-state index in [1.54, 1.807) is 20.7 Å². The Labute approximate surface area is 286 Å². The highest BCUT2D eigenvalue weighted by Gasteiger charge is 2.28. The van der Waals surface area contributed by atoms with Gasteiger partial charge in [0, 0.05) is 47.7 Å². The molecule has 2 heterocycles. The largest absolute Gasteiger partial charge is 0.291 e. The molecule has 2 fully saturated rings. The molecule has 48 heavy (non-hydrogen) atoms. The third-order valence-corrected chi connectivity index (χ3v) is 13.9. The second-order valence-corrected chi connectivity index (χ2v) is 17.4. The Morgan fingerprint density at radius 1 is 0.500 bits per heavy atom. The smallest absolute Gasteiger partial charge is 0.243 e. The lowest BCUT2D eigenvalue weighted by Gasteiger charge is -2.24. The van der Waals surface area contributed by atoms with Crippen LogP contribution in [0.2, 0.25) is 0 Å². The summed E-state index contributed by atoms with van der Waals surface area (Å²) < 4.78 is 59.2. The van der Waals surface area contributed by atoms with Gasteiger partial charge in [0.2, 0.25) is 20.0 Å². The molecule has 2 saturated heterocycles. The average Bonchev–Trinajstić information content (AvgIpc) is 3.07. The highest BCUT2D eigenvalue weighted by molar-refractivity contribution is 7.89. The Morgan fingerprint density at radius 2 is 0.812 bits per heavy atom. The van der Waals surface area contributed by atoms with Crippen LogP contribution in [0.3, 0.4) is 0 Å². The summed E-state index contributed by atoms with van der Waals surface area (Å²) in [4.78, 5) is 12.6. The van der Waals surface area contributed by atoms with Gasteiger partial charge in [0.1, 0.15) is 5.69 Å². The summed E-state index contributed by atoms with van der Waals surface area (Å²) in [7, 11) is -7.80. The second kappa shape index (κ2) is 17.3. The van der Waals surface area contributed by atoms with Crippen molar-refractivity contribution in [3.05, 3.63) is 41.3 Å². The van der Waals surface area contributed by atoms with E-state index in [2.05, 4.69) is 10.7 Å². The average molecular weight is 701 g/mol. The molecule has 5 rings (SSSR count). The Kier molecular flexibility index (Phi) is 13.2. The molecule has 0 amide bonds. The van der Waals surface area contributed by atoms with Crippen LogP contribution in [0.5, 0.6) is 0 Å². The summed E-state index contributed by atoms with van der Waals surface area (Å²) in [5.74, 6) is 0. The van der Waals surface area contributed by atoms with Crippen molar-refractivity contribution >= 4 is 53.0 Å². The van der Waals surface area contributed by atoms with Crippen LogP contribution in [0, 0.1) is 4.91 Å². The van der Waals surface area contributed by atoms with E-state index in [0.29, 0.717) is 37.0 Å². The van der Waals surface area contributed by atoms with Crippen LogP contribution in [0.25, 0.3) is 21.5 Å². The summed E-state index contributed by atoms with van der Waals surface area (Å²) in [5, 5.41) is 14.9. The van der Waals surface area contributed by atoms with Crippen LogP contribution in [-0.4, -0.2) is 56.8 Å². The van der Waals surface area contributed by atoms with Gasteiger partial charge in [-0.15, -0.1) is 4.91 Å². The molecule has 2 N–H and O–H groups in total. The van der Waals surface area contributed by atoms with Gasteiger partial charge < -0.3 is 0 Å². The number of nitroso groups, excluding NO2 is 1. The maximum absolute atomic E-state index is 14.0. The minimum atomic E-state index is -3.90. The Hall–Kier alpha value is -2.64. The van der Waals surface area contributed by atoms with Crippen molar-refractivity contribution in [2.75, 3.05) is 31.7 Å². The first-order chi connectivity index (χ1) is 23.3. The number of anilines is 1. The van der Waals surface area contributed by atoms with E-state index in [0.717, 1.165) is 77.0 Å². The van der Waals surface area contributed by atoms with E-state index >= 15 is 0 Å². The van der Waals surface area contributed by atoms with Crippen LogP contribution in [0.4, 0.5) is 11.4 Å². The fourth-order valence-electron chi connectivity index (χ4n) is 7.33. The molecule has 0 spiro atoms. The second-order valence-electron chi connectivity index (χ2n) is 13.5. The van der Waals surface area contributed by atoms with Gasteiger partial charge in [-0.1, -0.05) is 102 Å². The van der Waals surface area contributed by atoms with Gasteiger partial charge in [-0.05, 0) is 55.1 Å². The molecule has 2 aliphatic rings. The molecular formula is C36H52N4O6S2. The third-order valence-electron chi connectivity index (χ3n) is 10.1. The lowest BCUT2D eigenvalue weighted by Crippen LogP contribution is -2.33. The molecule has 10 nitrogen and oxygen atoms in total. The quantitative estimate of drug-likeness (QED) is 0.149. The van der Waals surface area contributed by atoms with Crippen LogP contribution in [0.15, 0.2) is 51.4 Å². The first kappa shape index (κ1) is 36.6. The first-order valence-corrected chi connectivity index (χ1v) is 20.9. The number of nitrogens with zero attached hydrogens (tertiary/aromatic N) is 3. The Balaban J connectivity index is 1.54. The predicted octanol–water partition coefficient (Wildman–Crippen LogP) is 9.22. The van der Waals surface area contributed by atoms with Gasteiger partial charge in [0.15, 0.2) is 0 Å². The topological polar surface area (TPSA) is 136 Å². The van der Waals surface area contributed by atoms with E-state index < -0.39 is 20.0 Å². The zero-order valence-corrected chi connectivity index (χ0v) is 29.8. The van der Waals surface area contributed by atoms with Gasteiger partial charge in [-0.25, -0.2) is 16.8 Å². The molecule has 264 valence electrons. The molecule has 0 radical (unpaired) electrons. The summed E-state index contributed by atoms with van der Waals surface area (Å²) in [5.41, 5.74) is 2.41. The Morgan fingerprint density at radius 3 is 1.10 bits per heavy atom. The minimum absolute atomic E-state index is 0.0401. The van der Waals surface area contributed by atoms with Gasteiger partial charge in [-0.3, -0.25) is 10.7 Å². The van der Waals surface area contributed by atoms with Crippen molar-refractivity contribution in [3.8, 4) is 0 Å². The van der Waals surface area contributed by atoms with Crippen molar-refractivity contribution in [1.29, 1.82) is 0 Å². The van der Waals surface area contributed by atoms with Crippen LogP contribution in [0.1, 0.15) is 116 Å². The highest BCUT2D eigenvalue weighted by atomic mass is 32.2. The van der Waals surface area contributed by atoms with E-state index in [1.165, 1.54) is 62.8 Å². The number of fused-ring (bicyclic) bond motifs is 2.